The zero-order valence-corrected chi connectivity index (χ0v) is 13.1. The summed E-state index contributed by atoms with van der Waals surface area (Å²) in [6, 6.07) is 6.38. The summed E-state index contributed by atoms with van der Waals surface area (Å²) in [6.07, 6.45) is 3.66. The van der Waals surface area contributed by atoms with Gasteiger partial charge in [0.1, 0.15) is 5.54 Å². The molecule has 0 aliphatic rings. The lowest BCUT2D eigenvalue weighted by Crippen LogP contribution is -2.46. The van der Waals surface area contributed by atoms with Crippen LogP contribution in [-0.2, 0) is 11.2 Å². The van der Waals surface area contributed by atoms with Crippen molar-refractivity contribution in [3.8, 4) is 0 Å². The maximum atomic E-state index is 11.0. The van der Waals surface area contributed by atoms with Crippen LogP contribution < -0.4 is 5.73 Å². The third kappa shape index (κ3) is 4.64. The lowest BCUT2D eigenvalue weighted by Gasteiger charge is -2.23. The topological polar surface area (TPSA) is 63.3 Å². The third-order valence-electron chi connectivity index (χ3n) is 4.03. The molecule has 1 aromatic rings. The zero-order chi connectivity index (χ0) is 15.3. The van der Waals surface area contributed by atoms with Gasteiger partial charge < -0.3 is 10.8 Å². The highest BCUT2D eigenvalue weighted by Gasteiger charge is 2.29. The molecule has 0 aliphatic heterocycles. The molecule has 0 aliphatic carbocycles. The van der Waals surface area contributed by atoms with Crippen LogP contribution in [0.15, 0.2) is 18.2 Å². The summed E-state index contributed by atoms with van der Waals surface area (Å²) in [5.74, 6) is -0.593. The van der Waals surface area contributed by atoms with Crippen LogP contribution in [0.4, 0.5) is 0 Å². The monoisotopic (exact) mass is 277 g/mol. The molecular weight excluding hydrogens is 250 g/mol. The fraction of sp³-hybridized carbons (Fsp3) is 0.588. The SMILES string of the molecule is Cc1cccc(C)c1CCCC(C)CC(C)(N)C(=O)O. The van der Waals surface area contributed by atoms with Gasteiger partial charge in [-0.2, -0.15) is 0 Å². The summed E-state index contributed by atoms with van der Waals surface area (Å²) >= 11 is 0. The first-order valence-electron chi connectivity index (χ1n) is 7.31. The van der Waals surface area contributed by atoms with Gasteiger partial charge in [0.15, 0.2) is 0 Å². The maximum Gasteiger partial charge on any atom is 0.323 e. The molecule has 112 valence electrons. The van der Waals surface area contributed by atoms with Crippen LogP contribution in [-0.4, -0.2) is 16.6 Å². The summed E-state index contributed by atoms with van der Waals surface area (Å²) in [7, 11) is 0. The van der Waals surface area contributed by atoms with E-state index in [1.165, 1.54) is 16.7 Å². The minimum Gasteiger partial charge on any atom is -0.480 e. The van der Waals surface area contributed by atoms with Crippen molar-refractivity contribution in [2.24, 2.45) is 11.7 Å². The molecule has 2 atom stereocenters. The van der Waals surface area contributed by atoms with Crippen molar-refractivity contribution in [3.63, 3.8) is 0 Å². The van der Waals surface area contributed by atoms with Crippen molar-refractivity contribution in [1.29, 1.82) is 0 Å². The molecule has 0 fully saturated rings. The predicted molar refractivity (Wildman–Crippen MR) is 82.9 cm³/mol. The van der Waals surface area contributed by atoms with Crippen LogP contribution in [0.3, 0.4) is 0 Å². The fourth-order valence-corrected chi connectivity index (χ4v) is 2.78. The molecule has 0 saturated heterocycles. The van der Waals surface area contributed by atoms with Crippen molar-refractivity contribution in [1.82, 2.24) is 0 Å². The number of carboxylic acid groups (broad SMARTS) is 1. The third-order valence-corrected chi connectivity index (χ3v) is 4.03. The number of aliphatic carboxylic acids is 1. The molecule has 20 heavy (non-hydrogen) atoms. The molecule has 0 bridgehead atoms. The average molecular weight is 277 g/mol. The van der Waals surface area contributed by atoms with E-state index >= 15 is 0 Å². The van der Waals surface area contributed by atoms with E-state index in [9.17, 15) is 4.79 Å². The van der Waals surface area contributed by atoms with Gasteiger partial charge in [0.25, 0.3) is 0 Å². The van der Waals surface area contributed by atoms with E-state index in [4.69, 9.17) is 10.8 Å². The van der Waals surface area contributed by atoms with Crippen molar-refractivity contribution in [3.05, 3.63) is 34.9 Å². The van der Waals surface area contributed by atoms with Crippen LogP contribution in [0.25, 0.3) is 0 Å². The van der Waals surface area contributed by atoms with Gasteiger partial charge in [-0.25, -0.2) is 0 Å². The number of carbonyl (C=O) groups is 1. The summed E-state index contributed by atoms with van der Waals surface area (Å²) in [6.45, 7) is 7.97. The Morgan fingerprint density at radius 2 is 1.90 bits per heavy atom. The molecule has 0 amide bonds. The maximum absolute atomic E-state index is 11.0. The lowest BCUT2D eigenvalue weighted by molar-refractivity contribution is -0.143. The Kier molecular flexibility index (Phi) is 5.75. The summed E-state index contributed by atoms with van der Waals surface area (Å²) < 4.78 is 0. The normalized spacial score (nSPS) is 15.7. The quantitative estimate of drug-likeness (QED) is 0.802. The van der Waals surface area contributed by atoms with Gasteiger partial charge in [-0.1, -0.05) is 31.5 Å². The van der Waals surface area contributed by atoms with Gasteiger partial charge in [-0.15, -0.1) is 0 Å². The smallest absolute Gasteiger partial charge is 0.323 e. The Morgan fingerprint density at radius 1 is 1.35 bits per heavy atom. The van der Waals surface area contributed by atoms with Gasteiger partial charge in [0, 0.05) is 0 Å². The van der Waals surface area contributed by atoms with Crippen molar-refractivity contribution < 1.29 is 9.90 Å². The number of carboxylic acids is 1. The van der Waals surface area contributed by atoms with E-state index < -0.39 is 11.5 Å². The highest BCUT2D eigenvalue weighted by Crippen LogP contribution is 2.22. The minimum atomic E-state index is -1.11. The molecular formula is C17H27NO2. The second kappa shape index (κ2) is 6.89. The number of rotatable bonds is 7. The molecule has 1 rings (SSSR count). The van der Waals surface area contributed by atoms with E-state index in [0.29, 0.717) is 12.3 Å². The van der Waals surface area contributed by atoms with Gasteiger partial charge in [-0.3, -0.25) is 4.79 Å². The lowest BCUT2D eigenvalue weighted by atomic mass is 9.87. The van der Waals surface area contributed by atoms with Crippen LogP contribution in [0.1, 0.15) is 49.8 Å². The summed E-state index contributed by atoms with van der Waals surface area (Å²) in [5, 5.41) is 9.04. The first-order chi connectivity index (χ1) is 9.24. The highest BCUT2D eigenvalue weighted by atomic mass is 16.4. The van der Waals surface area contributed by atoms with E-state index in [0.717, 1.165) is 19.3 Å². The molecule has 1 aromatic carbocycles. The van der Waals surface area contributed by atoms with Gasteiger partial charge in [0.05, 0.1) is 0 Å². The standard InChI is InChI=1S/C17H27NO2/c1-12(11-17(4,18)16(19)20)7-5-10-15-13(2)8-6-9-14(15)3/h6,8-9,12H,5,7,10-11,18H2,1-4H3,(H,19,20). The van der Waals surface area contributed by atoms with E-state index in [-0.39, 0.29) is 0 Å². The Morgan fingerprint density at radius 3 is 2.40 bits per heavy atom. The Bertz CT molecular complexity index is 446. The molecule has 0 saturated carbocycles. The predicted octanol–water partition coefficient (Wildman–Crippen LogP) is 3.45. The number of benzene rings is 1. The van der Waals surface area contributed by atoms with E-state index in [2.05, 4.69) is 39.0 Å². The molecule has 3 heteroatoms. The second-order valence-electron chi connectivity index (χ2n) is 6.29. The number of aryl methyl sites for hydroxylation is 2. The highest BCUT2D eigenvalue weighted by molar-refractivity contribution is 5.77. The Labute approximate surface area is 122 Å². The number of nitrogens with two attached hydrogens (primary N) is 1. The molecule has 0 radical (unpaired) electrons. The average Bonchev–Trinajstić information content (AvgIpc) is 2.32. The summed E-state index contributed by atoms with van der Waals surface area (Å²) in [5.41, 5.74) is 8.78. The molecule has 3 nitrogen and oxygen atoms in total. The molecule has 0 spiro atoms. The molecule has 3 N–H and O–H groups in total. The van der Waals surface area contributed by atoms with Crippen LogP contribution >= 0.6 is 0 Å². The number of hydrogen-bond donors (Lipinski definition) is 2. The Balaban J connectivity index is 2.47. The van der Waals surface area contributed by atoms with Gasteiger partial charge in [0.2, 0.25) is 0 Å². The molecule has 0 heterocycles. The fourth-order valence-electron chi connectivity index (χ4n) is 2.78. The van der Waals surface area contributed by atoms with Crippen LogP contribution in [0, 0.1) is 19.8 Å². The number of hydrogen-bond acceptors (Lipinski definition) is 2. The van der Waals surface area contributed by atoms with Crippen molar-refractivity contribution in [2.75, 3.05) is 0 Å². The van der Waals surface area contributed by atoms with E-state index in [1.54, 1.807) is 6.92 Å². The minimum absolute atomic E-state index is 0.324. The largest absolute Gasteiger partial charge is 0.480 e. The van der Waals surface area contributed by atoms with Gasteiger partial charge >= 0.3 is 5.97 Å². The van der Waals surface area contributed by atoms with Gasteiger partial charge in [-0.05, 0) is 62.6 Å². The van der Waals surface area contributed by atoms with E-state index in [1.807, 2.05) is 0 Å². The summed E-state index contributed by atoms with van der Waals surface area (Å²) in [4.78, 5) is 11.0. The van der Waals surface area contributed by atoms with Crippen LogP contribution in [0.2, 0.25) is 0 Å². The second-order valence-corrected chi connectivity index (χ2v) is 6.29. The first-order valence-corrected chi connectivity index (χ1v) is 7.31. The van der Waals surface area contributed by atoms with Crippen LogP contribution in [0.5, 0.6) is 0 Å². The Hall–Kier alpha value is -1.35. The zero-order valence-electron chi connectivity index (χ0n) is 13.1. The van der Waals surface area contributed by atoms with Crippen molar-refractivity contribution in [2.45, 2.75) is 58.9 Å². The first kappa shape index (κ1) is 16.7. The molecule has 0 aromatic heterocycles. The van der Waals surface area contributed by atoms with Crippen molar-refractivity contribution >= 4 is 5.97 Å². The molecule has 2 unspecified atom stereocenters.